The summed E-state index contributed by atoms with van der Waals surface area (Å²) in [4.78, 5) is 11.0. The standard InChI is InChI=1S/C12H18BrN3O/c1-8-6-16(7-12(3,4)17-8)11-5-10(13)14-9(2)15-11/h5,8H,6-7H2,1-4H3. The fourth-order valence-electron chi connectivity index (χ4n) is 2.31. The zero-order chi connectivity index (χ0) is 12.6. The molecule has 0 radical (unpaired) electrons. The minimum absolute atomic E-state index is 0.136. The highest BCUT2D eigenvalue weighted by molar-refractivity contribution is 9.10. The number of morpholine rings is 1. The number of anilines is 1. The van der Waals surface area contributed by atoms with Crippen LogP contribution in [0.1, 0.15) is 26.6 Å². The van der Waals surface area contributed by atoms with Crippen LogP contribution < -0.4 is 4.90 Å². The van der Waals surface area contributed by atoms with Crippen LogP contribution in [0.25, 0.3) is 0 Å². The normalized spacial score (nSPS) is 23.8. The van der Waals surface area contributed by atoms with E-state index >= 15 is 0 Å². The van der Waals surface area contributed by atoms with Crippen LogP contribution in [0.3, 0.4) is 0 Å². The molecular formula is C12H18BrN3O. The molecule has 0 aromatic carbocycles. The molecule has 1 fully saturated rings. The van der Waals surface area contributed by atoms with E-state index < -0.39 is 0 Å². The Morgan fingerprint density at radius 1 is 1.47 bits per heavy atom. The van der Waals surface area contributed by atoms with Crippen LogP contribution in [0.2, 0.25) is 0 Å². The predicted molar refractivity (Wildman–Crippen MR) is 71.3 cm³/mol. The lowest BCUT2D eigenvalue weighted by molar-refractivity contribution is -0.0751. The first-order valence-electron chi connectivity index (χ1n) is 5.80. The van der Waals surface area contributed by atoms with Gasteiger partial charge in [-0.1, -0.05) is 0 Å². The largest absolute Gasteiger partial charge is 0.369 e. The fourth-order valence-corrected chi connectivity index (χ4v) is 2.77. The Morgan fingerprint density at radius 2 is 2.18 bits per heavy atom. The van der Waals surface area contributed by atoms with Gasteiger partial charge in [0.25, 0.3) is 0 Å². The van der Waals surface area contributed by atoms with Crippen LogP contribution in [-0.4, -0.2) is 34.8 Å². The zero-order valence-corrected chi connectivity index (χ0v) is 12.3. The second-order valence-corrected chi connectivity index (χ2v) is 5.98. The van der Waals surface area contributed by atoms with Gasteiger partial charge in [-0.05, 0) is 43.6 Å². The van der Waals surface area contributed by atoms with E-state index in [-0.39, 0.29) is 11.7 Å². The Labute approximate surface area is 111 Å². The van der Waals surface area contributed by atoms with Gasteiger partial charge >= 0.3 is 0 Å². The molecule has 5 heteroatoms. The maximum atomic E-state index is 5.89. The summed E-state index contributed by atoms with van der Waals surface area (Å²) in [5, 5.41) is 0. The minimum Gasteiger partial charge on any atom is -0.369 e. The molecule has 0 amide bonds. The quantitative estimate of drug-likeness (QED) is 0.747. The van der Waals surface area contributed by atoms with Gasteiger partial charge in [-0.3, -0.25) is 0 Å². The first-order valence-corrected chi connectivity index (χ1v) is 6.59. The lowest BCUT2D eigenvalue weighted by atomic mass is 10.1. The number of hydrogen-bond donors (Lipinski definition) is 0. The third-order valence-electron chi connectivity index (χ3n) is 2.69. The molecule has 1 aliphatic heterocycles. The van der Waals surface area contributed by atoms with Gasteiger partial charge in [0.2, 0.25) is 0 Å². The smallest absolute Gasteiger partial charge is 0.133 e. The molecule has 1 aromatic rings. The molecule has 1 aliphatic rings. The lowest BCUT2D eigenvalue weighted by Gasteiger charge is -2.42. The second kappa shape index (κ2) is 4.53. The van der Waals surface area contributed by atoms with Crippen molar-refractivity contribution >= 4 is 21.7 Å². The number of aromatic nitrogens is 2. The Balaban J connectivity index is 2.26. The van der Waals surface area contributed by atoms with Gasteiger partial charge < -0.3 is 9.64 Å². The first kappa shape index (κ1) is 12.8. The predicted octanol–water partition coefficient (Wildman–Crippen LogP) is 2.55. The van der Waals surface area contributed by atoms with Crippen molar-refractivity contribution in [3.8, 4) is 0 Å². The van der Waals surface area contributed by atoms with Crippen LogP contribution in [0.15, 0.2) is 10.7 Å². The molecular weight excluding hydrogens is 282 g/mol. The maximum Gasteiger partial charge on any atom is 0.133 e. The second-order valence-electron chi connectivity index (χ2n) is 5.16. The molecule has 0 N–H and O–H groups in total. The Kier molecular flexibility index (Phi) is 3.41. The van der Waals surface area contributed by atoms with E-state index in [0.29, 0.717) is 0 Å². The molecule has 0 aliphatic carbocycles. The minimum atomic E-state index is -0.136. The van der Waals surface area contributed by atoms with E-state index in [4.69, 9.17) is 4.74 Å². The lowest BCUT2D eigenvalue weighted by Crippen LogP contribution is -2.52. The summed E-state index contributed by atoms with van der Waals surface area (Å²) in [5.74, 6) is 1.75. The van der Waals surface area contributed by atoms with Crippen molar-refractivity contribution in [2.45, 2.75) is 39.4 Å². The first-order chi connectivity index (χ1) is 7.85. The van der Waals surface area contributed by atoms with Gasteiger partial charge in [0, 0.05) is 19.2 Å². The summed E-state index contributed by atoms with van der Waals surface area (Å²) in [6, 6.07) is 1.96. The van der Waals surface area contributed by atoms with E-state index in [1.165, 1.54) is 0 Å². The molecule has 2 heterocycles. The summed E-state index contributed by atoms with van der Waals surface area (Å²) in [5.41, 5.74) is -0.136. The maximum absolute atomic E-state index is 5.89. The van der Waals surface area contributed by atoms with Crippen LogP contribution in [0.5, 0.6) is 0 Å². The molecule has 4 nitrogen and oxygen atoms in total. The Bertz CT molecular complexity index is 402. The molecule has 17 heavy (non-hydrogen) atoms. The highest BCUT2D eigenvalue weighted by Crippen LogP contribution is 2.25. The van der Waals surface area contributed by atoms with Crippen molar-refractivity contribution in [3.63, 3.8) is 0 Å². The number of rotatable bonds is 1. The summed E-state index contributed by atoms with van der Waals surface area (Å²) in [6.45, 7) is 9.93. The van der Waals surface area contributed by atoms with Gasteiger partial charge in [0.15, 0.2) is 0 Å². The SMILES string of the molecule is Cc1nc(Br)cc(N2CC(C)OC(C)(C)C2)n1. The van der Waals surface area contributed by atoms with Gasteiger partial charge in [-0.15, -0.1) is 0 Å². The van der Waals surface area contributed by atoms with Crippen LogP contribution in [0, 0.1) is 6.92 Å². The zero-order valence-electron chi connectivity index (χ0n) is 10.7. The number of halogens is 1. The van der Waals surface area contributed by atoms with E-state index in [9.17, 15) is 0 Å². The summed E-state index contributed by atoms with van der Waals surface area (Å²) < 4.78 is 6.72. The molecule has 0 spiro atoms. The number of hydrogen-bond acceptors (Lipinski definition) is 4. The van der Waals surface area contributed by atoms with E-state index in [1.54, 1.807) is 0 Å². The number of aryl methyl sites for hydroxylation is 1. The van der Waals surface area contributed by atoms with Crippen molar-refractivity contribution in [2.75, 3.05) is 18.0 Å². The third-order valence-corrected chi connectivity index (χ3v) is 3.09. The Hall–Kier alpha value is -0.680. The van der Waals surface area contributed by atoms with Crippen molar-refractivity contribution in [1.29, 1.82) is 0 Å². The summed E-state index contributed by atoms with van der Waals surface area (Å²) in [7, 11) is 0. The van der Waals surface area contributed by atoms with Gasteiger partial charge in [-0.2, -0.15) is 0 Å². The summed E-state index contributed by atoms with van der Waals surface area (Å²) in [6.07, 6.45) is 0.216. The third kappa shape index (κ3) is 3.16. The highest BCUT2D eigenvalue weighted by Gasteiger charge is 2.32. The molecule has 94 valence electrons. The average molecular weight is 300 g/mol. The van der Waals surface area contributed by atoms with Crippen LogP contribution in [0.4, 0.5) is 5.82 Å². The average Bonchev–Trinajstić information content (AvgIpc) is 2.12. The van der Waals surface area contributed by atoms with Crippen molar-refractivity contribution in [2.24, 2.45) is 0 Å². The van der Waals surface area contributed by atoms with Gasteiger partial charge in [0.05, 0.1) is 11.7 Å². The van der Waals surface area contributed by atoms with E-state index in [2.05, 4.69) is 51.6 Å². The van der Waals surface area contributed by atoms with Crippen LogP contribution in [-0.2, 0) is 4.74 Å². The molecule has 2 rings (SSSR count). The number of nitrogens with zero attached hydrogens (tertiary/aromatic N) is 3. The molecule has 1 aromatic heterocycles. The Morgan fingerprint density at radius 3 is 2.76 bits per heavy atom. The van der Waals surface area contributed by atoms with Gasteiger partial charge in [-0.25, -0.2) is 9.97 Å². The van der Waals surface area contributed by atoms with Crippen LogP contribution >= 0.6 is 15.9 Å². The van der Waals surface area contributed by atoms with E-state index in [0.717, 1.165) is 29.3 Å². The summed E-state index contributed by atoms with van der Waals surface area (Å²) >= 11 is 3.41. The van der Waals surface area contributed by atoms with Crippen molar-refractivity contribution in [1.82, 2.24) is 9.97 Å². The molecule has 1 unspecified atom stereocenters. The monoisotopic (exact) mass is 299 g/mol. The molecule has 1 saturated heterocycles. The number of ether oxygens (including phenoxy) is 1. The van der Waals surface area contributed by atoms with Crippen molar-refractivity contribution in [3.05, 3.63) is 16.5 Å². The van der Waals surface area contributed by atoms with E-state index in [1.807, 2.05) is 13.0 Å². The topological polar surface area (TPSA) is 38.2 Å². The molecule has 0 bridgehead atoms. The highest BCUT2D eigenvalue weighted by atomic mass is 79.9. The van der Waals surface area contributed by atoms with Gasteiger partial charge in [0.1, 0.15) is 16.2 Å². The molecule has 0 saturated carbocycles. The van der Waals surface area contributed by atoms with Crippen molar-refractivity contribution < 1.29 is 4.74 Å². The fraction of sp³-hybridized carbons (Fsp3) is 0.667. The molecule has 1 atom stereocenters.